The number of carbonyl (C=O) groups excluding carboxylic acids is 3. The monoisotopic (exact) mass is 821 g/mol. The van der Waals surface area contributed by atoms with Crippen LogP contribution in [0.3, 0.4) is 0 Å². The average Bonchev–Trinajstić information content (AvgIpc) is 3.96. The number of piperazine rings is 1. The number of nitrogens with zero attached hydrogens (tertiary/aromatic N) is 8. The molecule has 8 heterocycles. The fourth-order valence-electron chi connectivity index (χ4n) is 9.21. The minimum absolute atomic E-state index is 0.0158. The van der Waals surface area contributed by atoms with Crippen molar-refractivity contribution in [1.82, 2.24) is 50.8 Å². The minimum Gasteiger partial charge on any atom is -0.367 e. The Morgan fingerprint density at radius 3 is 2.44 bits per heavy atom. The van der Waals surface area contributed by atoms with Gasteiger partial charge in [-0.2, -0.15) is 10.1 Å². The molecule has 1 aromatic carbocycles. The van der Waals surface area contributed by atoms with Crippen LogP contribution in [0.5, 0.6) is 0 Å². The normalized spacial score (nSPS) is 20.0. The van der Waals surface area contributed by atoms with Gasteiger partial charge in [-0.05, 0) is 87.1 Å². The number of aryl methyl sites for hydroxylation is 2. The molecule has 15 heteroatoms. The predicted molar refractivity (Wildman–Crippen MR) is 230 cm³/mol. The second kappa shape index (κ2) is 15.9. The lowest BCUT2D eigenvalue weighted by Crippen LogP contribution is -2.54. The highest BCUT2D eigenvalue weighted by atomic mass is 16.5. The third-order valence-electron chi connectivity index (χ3n) is 12.5. The summed E-state index contributed by atoms with van der Waals surface area (Å²) in [5.41, 5.74) is 9.71. The van der Waals surface area contributed by atoms with Crippen LogP contribution in [0.4, 0.5) is 5.69 Å². The number of hydrogen-bond donors (Lipinski definition) is 3. The van der Waals surface area contributed by atoms with E-state index < -0.39 is 5.91 Å². The average molecular weight is 822 g/mol. The largest absolute Gasteiger partial charge is 0.367 e. The van der Waals surface area contributed by atoms with Crippen molar-refractivity contribution in [2.45, 2.75) is 103 Å². The van der Waals surface area contributed by atoms with Crippen LogP contribution in [0.2, 0.25) is 0 Å². The summed E-state index contributed by atoms with van der Waals surface area (Å²) in [5, 5.41) is 18.0. The molecule has 0 aliphatic carbocycles. The van der Waals surface area contributed by atoms with Crippen LogP contribution in [-0.4, -0.2) is 89.6 Å². The number of rotatable bonds is 10. The van der Waals surface area contributed by atoms with Crippen molar-refractivity contribution in [2.75, 3.05) is 24.5 Å². The lowest BCUT2D eigenvalue weighted by Gasteiger charge is -2.42. The molecular weight excluding hydrogens is 771 g/mol. The van der Waals surface area contributed by atoms with Crippen molar-refractivity contribution in [1.29, 1.82) is 0 Å². The van der Waals surface area contributed by atoms with Crippen molar-refractivity contribution in [3.05, 3.63) is 101 Å². The Labute approximate surface area is 354 Å². The Morgan fingerprint density at radius 1 is 0.951 bits per heavy atom. The van der Waals surface area contributed by atoms with Crippen molar-refractivity contribution in [3.63, 3.8) is 0 Å². The maximum absolute atomic E-state index is 13.0. The molecule has 0 radical (unpaired) electrons. The number of carbonyl (C=O) groups is 3. The van der Waals surface area contributed by atoms with Gasteiger partial charge in [-0.25, -0.2) is 4.98 Å². The number of H-pyrrole nitrogens is 1. The number of aromatic amines is 1. The van der Waals surface area contributed by atoms with Gasteiger partial charge in [0.05, 0.1) is 29.5 Å². The lowest BCUT2D eigenvalue weighted by molar-refractivity contribution is -0.134. The molecule has 3 fully saturated rings. The summed E-state index contributed by atoms with van der Waals surface area (Å²) in [6, 6.07) is 17.1. The summed E-state index contributed by atoms with van der Waals surface area (Å²) in [6.45, 7) is 14.6. The second-order valence-corrected chi connectivity index (χ2v) is 17.8. The Hall–Kier alpha value is -6.35. The fraction of sp³-hybridized carbons (Fsp3) is 0.413. The quantitative estimate of drug-likeness (QED) is 0.131. The van der Waals surface area contributed by atoms with Crippen LogP contribution < -0.4 is 15.5 Å². The van der Waals surface area contributed by atoms with Gasteiger partial charge in [0.2, 0.25) is 17.7 Å². The van der Waals surface area contributed by atoms with Crippen molar-refractivity contribution >= 4 is 34.4 Å². The van der Waals surface area contributed by atoms with E-state index in [4.69, 9.17) is 19.5 Å². The lowest BCUT2D eigenvalue weighted by atomic mass is 9.89. The molecule has 4 atom stereocenters. The summed E-state index contributed by atoms with van der Waals surface area (Å²) in [5.74, 6) is -0.702. The van der Waals surface area contributed by atoms with E-state index in [2.05, 4.69) is 65.0 Å². The van der Waals surface area contributed by atoms with Crippen molar-refractivity contribution < 1.29 is 18.9 Å². The summed E-state index contributed by atoms with van der Waals surface area (Å²) in [7, 11) is 0. The molecule has 3 aliphatic rings. The molecule has 15 nitrogen and oxygen atoms in total. The van der Waals surface area contributed by atoms with Crippen LogP contribution >= 0.6 is 0 Å². The molecule has 314 valence electrons. The van der Waals surface area contributed by atoms with Crippen LogP contribution in [0.15, 0.2) is 65.4 Å². The van der Waals surface area contributed by atoms with Gasteiger partial charge in [0.25, 0.3) is 11.7 Å². The zero-order chi connectivity index (χ0) is 42.6. The number of aromatic nitrogens is 7. The number of hydrogen-bond acceptors (Lipinski definition) is 12. The van der Waals surface area contributed by atoms with Crippen molar-refractivity contribution in [3.8, 4) is 22.5 Å². The van der Waals surface area contributed by atoms with Gasteiger partial charge < -0.3 is 14.7 Å². The summed E-state index contributed by atoms with van der Waals surface area (Å²) in [4.78, 5) is 61.0. The van der Waals surface area contributed by atoms with E-state index >= 15 is 0 Å². The van der Waals surface area contributed by atoms with Gasteiger partial charge in [-0.1, -0.05) is 44.1 Å². The molecule has 0 saturated carbocycles. The molecule has 3 amide bonds. The fourth-order valence-corrected chi connectivity index (χ4v) is 9.21. The zero-order valence-electron chi connectivity index (χ0n) is 35.5. The first-order valence-electron chi connectivity index (χ1n) is 21.2. The summed E-state index contributed by atoms with van der Waals surface area (Å²) >= 11 is 0. The Balaban J connectivity index is 0.832. The van der Waals surface area contributed by atoms with Gasteiger partial charge >= 0.3 is 0 Å². The molecule has 2 bridgehead atoms. The van der Waals surface area contributed by atoms with E-state index in [1.54, 1.807) is 0 Å². The molecule has 0 spiro atoms. The Bertz CT molecular complexity index is 2630. The first kappa shape index (κ1) is 40.1. The third kappa shape index (κ3) is 8.01. The molecule has 3 unspecified atom stereocenters. The summed E-state index contributed by atoms with van der Waals surface area (Å²) < 4.78 is 5.31. The van der Waals surface area contributed by atoms with Crippen molar-refractivity contribution in [2.24, 2.45) is 0 Å². The highest BCUT2D eigenvalue weighted by Crippen LogP contribution is 2.35. The Kier molecular flexibility index (Phi) is 10.5. The van der Waals surface area contributed by atoms with E-state index in [9.17, 15) is 14.4 Å². The molecule has 9 rings (SSSR count). The molecular formula is C46H51N11O4. The number of imide groups is 1. The third-order valence-corrected chi connectivity index (χ3v) is 12.5. The van der Waals surface area contributed by atoms with Gasteiger partial charge in [0.1, 0.15) is 5.69 Å². The van der Waals surface area contributed by atoms with Gasteiger partial charge in [-0.15, -0.1) is 0 Å². The predicted octanol–water partition coefficient (Wildman–Crippen LogP) is 6.29. The van der Waals surface area contributed by atoms with E-state index in [-0.39, 0.29) is 35.0 Å². The first-order chi connectivity index (χ1) is 29.3. The maximum atomic E-state index is 13.0. The number of benzene rings is 1. The van der Waals surface area contributed by atoms with Crippen LogP contribution in [0.25, 0.3) is 33.5 Å². The molecule has 3 N–H and O–H groups in total. The molecule has 6 aromatic rings. The molecule has 5 aromatic heterocycles. The number of fused-ring (bicyclic) bond motifs is 3. The van der Waals surface area contributed by atoms with E-state index in [1.165, 1.54) is 12.8 Å². The number of piperidine rings is 1. The Morgan fingerprint density at radius 2 is 1.75 bits per heavy atom. The highest BCUT2D eigenvalue weighted by molar-refractivity contribution is 6.01. The molecule has 61 heavy (non-hydrogen) atoms. The number of amides is 3. The second-order valence-electron chi connectivity index (χ2n) is 17.8. The van der Waals surface area contributed by atoms with Gasteiger partial charge in [0, 0.05) is 84.1 Å². The van der Waals surface area contributed by atoms with Crippen LogP contribution in [0.1, 0.15) is 110 Å². The smallest absolute Gasteiger partial charge is 0.293 e. The SMILES string of the molecule is Cc1cc(-c2n[nH]c3ncc(-c4ccc(N5CC6CCC(C5)N6CCc5ccc(C6CCC(=O)NC6=O)c(C)n5)cn4)cc23)ccc1[C@@H](C)NC(=O)c1noc(C(C)(C)C)n1. The summed E-state index contributed by atoms with van der Waals surface area (Å²) in [6.07, 6.45) is 7.89. The topological polar surface area (TPSA) is 188 Å². The highest BCUT2D eigenvalue weighted by Gasteiger charge is 2.40. The van der Waals surface area contributed by atoms with Crippen LogP contribution in [0, 0.1) is 13.8 Å². The number of nitrogens with one attached hydrogen (secondary N) is 3. The van der Waals surface area contributed by atoms with Crippen LogP contribution in [-0.2, 0) is 21.4 Å². The zero-order valence-corrected chi connectivity index (χ0v) is 35.5. The molecule has 3 saturated heterocycles. The van der Waals surface area contributed by atoms with E-state index in [1.807, 2.05) is 78.2 Å². The van der Waals surface area contributed by atoms with Gasteiger partial charge in [-0.3, -0.25) is 39.7 Å². The maximum Gasteiger partial charge on any atom is 0.293 e. The first-order valence-corrected chi connectivity index (χ1v) is 21.2. The van der Waals surface area contributed by atoms with E-state index in [0.29, 0.717) is 36.5 Å². The molecule has 3 aliphatic heterocycles. The minimum atomic E-state index is -0.391. The van der Waals surface area contributed by atoms with Gasteiger partial charge in [0.15, 0.2) is 5.65 Å². The van der Waals surface area contributed by atoms with E-state index in [0.717, 1.165) is 87.7 Å². The standard InChI is InChI=1S/C46H51N11O4/c1-25-19-28(7-12-34(25)26(2)50-44(60)42-52-45(61-55-42)46(4,5)6)40-37-20-29(21-48-41(37)54-53-40)38-15-11-31(22-47-38)56-23-32-9-10-33(24-56)57(32)18-17-30-8-13-35(27(3)49-30)36-14-16-39(58)51-43(36)59/h7-8,11-13,15,19-22,26,32-33,36H,9-10,14,16-18,23-24H2,1-6H3,(H,50,60)(H,48,53,54)(H,51,58,59)/t26-,32?,33?,36?/m1/s1. The number of pyridine rings is 3. The number of anilines is 1.